The Morgan fingerprint density at radius 1 is 1.04 bits per heavy atom. The van der Waals surface area contributed by atoms with E-state index < -0.39 is 0 Å². The number of nitrogens with zero attached hydrogens (tertiary/aromatic N) is 3. The van der Waals surface area contributed by atoms with Crippen molar-refractivity contribution in [3.63, 3.8) is 0 Å². The van der Waals surface area contributed by atoms with Gasteiger partial charge in [0, 0.05) is 31.2 Å². The van der Waals surface area contributed by atoms with Crippen LogP contribution in [0.2, 0.25) is 0 Å². The topological polar surface area (TPSA) is 67.3 Å². The van der Waals surface area contributed by atoms with Gasteiger partial charge in [-0.15, -0.1) is 0 Å². The second-order valence-corrected chi connectivity index (χ2v) is 6.46. The lowest BCUT2D eigenvalue weighted by Crippen LogP contribution is -2.33. The molecule has 1 saturated heterocycles. The average molecular weight is 336 g/mol. The van der Waals surface area contributed by atoms with Gasteiger partial charge < -0.3 is 15.0 Å². The molecule has 0 bridgehead atoms. The zero-order chi connectivity index (χ0) is 17.1. The first-order valence-electron chi connectivity index (χ1n) is 8.54. The van der Waals surface area contributed by atoms with Gasteiger partial charge in [0.25, 0.3) is 0 Å². The van der Waals surface area contributed by atoms with Gasteiger partial charge in [0.2, 0.25) is 0 Å². The van der Waals surface area contributed by atoms with Crippen molar-refractivity contribution in [1.29, 1.82) is 0 Å². The zero-order valence-electron chi connectivity index (χ0n) is 13.8. The molecule has 1 aliphatic carbocycles. The smallest absolute Gasteiger partial charge is 0.321 e. The summed E-state index contributed by atoms with van der Waals surface area (Å²) in [6.07, 6.45) is 9.89. The normalized spacial score (nSPS) is 21.7. The van der Waals surface area contributed by atoms with Gasteiger partial charge in [-0.3, -0.25) is 0 Å². The van der Waals surface area contributed by atoms with Crippen molar-refractivity contribution in [2.75, 3.05) is 18.4 Å². The van der Waals surface area contributed by atoms with Crippen LogP contribution in [-0.2, 0) is 0 Å². The molecule has 0 radical (unpaired) electrons. The van der Waals surface area contributed by atoms with E-state index in [0.717, 1.165) is 31.6 Å². The maximum absolute atomic E-state index is 12.5. The number of allylic oxidation sites excluding steroid dienone is 2. The zero-order valence-corrected chi connectivity index (χ0v) is 13.8. The standard InChI is InChI=1S/C19H20N4O2/c24-19(23-12-14-4-1-2-5-15(14)13-23)22-16-6-8-17(9-7-16)25-18-20-10-3-11-21-18/h1-3,6-11,14-15H,4-5,12-13H2,(H,22,24)/t14-,15+. The average Bonchev–Trinajstić information content (AvgIpc) is 3.09. The third kappa shape index (κ3) is 3.63. The predicted octanol–water partition coefficient (Wildman–Crippen LogP) is 3.70. The van der Waals surface area contributed by atoms with E-state index in [9.17, 15) is 4.79 Å². The molecule has 1 aromatic heterocycles. The summed E-state index contributed by atoms with van der Waals surface area (Å²) in [5.74, 6) is 1.84. The number of anilines is 1. The number of urea groups is 1. The molecule has 6 heteroatoms. The molecule has 1 fully saturated rings. The lowest BCUT2D eigenvalue weighted by atomic mass is 9.86. The number of likely N-dealkylation sites (tertiary alicyclic amines) is 1. The van der Waals surface area contributed by atoms with Crippen LogP contribution in [0.4, 0.5) is 10.5 Å². The number of benzene rings is 1. The van der Waals surface area contributed by atoms with Crippen molar-refractivity contribution in [2.45, 2.75) is 12.8 Å². The molecule has 2 heterocycles. The summed E-state index contributed by atoms with van der Waals surface area (Å²) >= 11 is 0. The van der Waals surface area contributed by atoms with Gasteiger partial charge in [0.1, 0.15) is 5.75 Å². The third-order valence-corrected chi connectivity index (χ3v) is 4.76. The molecule has 2 amide bonds. The van der Waals surface area contributed by atoms with Crippen molar-refractivity contribution < 1.29 is 9.53 Å². The second kappa shape index (κ2) is 6.93. The summed E-state index contributed by atoms with van der Waals surface area (Å²) in [6.45, 7) is 1.68. The Hall–Kier alpha value is -2.89. The summed E-state index contributed by atoms with van der Waals surface area (Å²) in [6, 6.07) is 9.22. The molecule has 0 unspecified atom stereocenters. The number of fused-ring (bicyclic) bond motifs is 1. The maximum atomic E-state index is 12.5. The minimum atomic E-state index is -0.0329. The molecule has 1 aromatic carbocycles. The van der Waals surface area contributed by atoms with Crippen molar-refractivity contribution in [2.24, 2.45) is 11.8 Å². The van der Waals surface area contributed by atoms with Crippen molar-refractivity contribution >= 4 is 11.7 Å². The number of carbonyl (C=O) groups excluding carboxylic acids is 1. The Labute approximate surface area is 146 Å². The Morgan fingerprint density at radius 2 is 1.68 bits per heavy atom. The van der Waals surface area contributed by atoms with Gasteiger partial charge in [0.15, 0.2) is 0 Å². The number of ether oxygens (including phenoxy) is 1. The fourth-order valence-corrected chi connectivity index (χ4v) is 3.43. The molecule has 2 aromatic rings. The fraction of sp³-hybridized carbons (Fsp3) is 0.316. The minimum Gasteiger partial charge on any atom is -0.424 e. The number of nitrogens with one attached hydrogen (secondary N) is 1. The molecule has 2 atom stereocenters. The summed E-state index contributed by atoms with van der Waals surface area (Å²) in [4.78, 5) is 22.4. The number of hydrogen-bond acceptors (Lipinski definition) is 4. The van der Waals surface area contributed by atoms with E-state index in [1.165, 1.54) is 0 Å². The van der Waals surface area contributed by atoms with Gasteiger partial charge in [-0.25, -0.2) is 14.8 Å². The van der Waals surface area contributed by atoms with Crippen LogP contribution in [0, 0.1) is 11.8 Å². The van der Waals surface area contributed by atoms with Crippen LogP contribution in [0.3, 0.4) is 0 Å². The van der Waals surface area contributed by atoms with Crippen LogP contribution < -0.4 is 10.1 Å². The first-order chi connectivity index (χ1) is 12.3. The molecule has 1 N–H and O–H groups in total. The van der Waals surface area contributed by atoms with Crippen LogP contribution in [0.1, 0.15) is 12.8 Å². The largest absolute Gasteiger partial charge is 0.424 e. The molecule has 0 spiro atoms. The summed E-state index contributed by atoms with van der Waals surface area (Å²) in [5, 5.41) is 2.96. The summed E-state index contributed by atoms with van der Waals surface area (Å²) in [7, 11) is 0. The van der Waals surface area contributed by atoms with Gasteiger partial charge >= 0.3 is 12.0 Å². The third-order valence-electron chi connectivity index (χ3n) is 4.76. The van der Waals surface area contributed by atoms with Crippen molar-refractivity contribution in [3.8, 4) is 11.8 Å². The van der Waals surface area contributed by atoms with Crippen molar-refractivity contribution in [1.82, 2.24) is 14.9 Å². The van der Waals surface area contributed by atoms with Gasteiger partial charge in [0.05, 0.1) is 0 Å². The molecule has 4 rings (SSSR count). The number of rotatable bonds is 3. The number of carbonyl (C=O) groups is 1. The summed E-state index contributed by atoms with van der Waals surface area (Å²) < 4.78 is 5.55. The van der Waals surface area contributed by atoms with Crippen molar-refractivity contribution in [3.05, 3.63) is 54.9 Å². The SMILES string of the molecule is O=C(Nc1ccc(Oc2ncccn2)cc1)N1C[C@H]2CC=CC[C@H]2C1. The van der Waals surface area contributed by atoms with E-state index in [-0.39, 0.29) is 6.03 Å². The molecule has 0 saturated carbocycles. The lowest BCUT2D eigenvalue weighted by Gasteiger charge is -2.17. The predicted molar refractivity (Wildman–Crippen MR) is 94.5 cm³/mol. The number of aromatic nitrogens is 2. The number of hydrogen-bond donors (Lipinski definition) is 1. The van der Waals surface area contributed by atoms with E-state index in [1.54, 1.807) is 30.6 Å². The van der Waals surface area contributed by atoms with E-state index >= 15 is 0 Å². The highest BCUT2D eigenvalue weighted by Gasteiger charge is 2.35. The first-order valence-corrected chi connectivity index (χ1v) is 8.54. The van der Waals surface area contributed by atoms with Crippen LogP contribution in [0.5, 0.6) is 11.8 Å². The Bertz CT molecular complexity index is 745. The number of amides is 2. The molecular weight excluding hydrogens is 316 g/mol. The van der Waals surface area contributed by atoms with Crippen LogP contribution in [0.25, 0.3) is 0 Å². The Kier molecular flexibility index (Phi) is 4.33. The Morgan fingerprint density at radius 3 is 2.32 bits per heavy atom. The quantitative estimate of drug-likeness (QED) is 0.868. The van der Waals surface area contributed by atoms with Gasteiger partial charge in [-0.2, -0.15) is 0 Å². The van der Waals surface area contributed by atoms with E-state index in [0.29, 0.717) is 23.6 Å². The molecule has 1 aliphatic heterocycles. The Balaban J connectivity index is 1.34. The molecular formula is C19H20N4O2. The van der Waals surface area contributed by atoms with E-state index in [2.05, 4.69) is 27.4 Å². The highest BCUT2D eigenvalue weighted by atomic mass is 16.5. The highest BCUT2D eigenvalue weighted by molar-refractivity contribution is 5.89. The molecule has 25 heavy (non-hydrogen) atoms. The molecule has 2 aliphatic rings. The van der Waals surface area contributed by atoms with Crippen LogP contribution in [-0.4, -0.2) is 34.0 Å². The fourth-order valence-electron chi connectivity index (χ4n) is 3.43. The monoisotopic (exact) mass is 336 g/mol. The van der Waals surface area contributed by atoms with E-state index in [1.807, 2.05) is 17.0 Å². The second-order valence-electron chi connectivity index (χ2n) is 6.46. The minimum absolute atomic E-state index is 0.0329. The van der Waals surface area contributed by atoms with Crippen LogP contribution >= 0.6 is 0 Å². The highest BCUT2D eigenvalue weighted by Crippen LogP contribution is 2.33. The van der Waals surface area contributed by atoms with E-state index in [4.69, 9.17) is 4.74 Å². The van der Waals surface area contributed by atoms with Gasteiger partial charge in [-0.1, -0.05) is 12.2 Å². The van der Waals surface area contributed by atoms with Gasteiger partial charge in [-0.05, 0) is 55.0 Å². The lowest BCUT2D eigenvalue weighted by molar-refractivity contribution is 0.220. The molecule has 6 nitrogen and oxygen atoms in total. The first kappa shape index (κ1) is 15.6. The van der Waals surface area contributed by atoms with Crippen LogP contribution in [0.15, 0.2) is 54.9 Å². The summed E-state index contributed by atoms with van der Waals surface area (Å²) in [5.41, 5.74) is 0.749. The maximum Gasteiger partial charge on any atom is 0.321 e. The molecule has 128 valence electrons.